The molecule has 3 N–H and O–H groups in total. The summed E-state index contributed by atoms with van der Waals surface area (Å²) in [5.74, 6) is 1.90. The zero-order chi connectivity index (χ0) is 17.8. The second-order valence-corrected chi connectivity index (χ2v) is 4.97. The van der Waals surface area contributed by atoms with E-state index in [4.69, 9.17) is 14.2 Å². The average Bonchev–Trinajstić information content (AvgIpc) is 2.62. The van der Waals surface area contributed by atoms with Crippen LogP contribution in [0.4, 0.5) is 0 Å². The number of hydrogen-bond donors (Lipinski definition) is 3. The Balaban J connectivity index is 2.73. The number of aliphatic hydroxyl groups is 1. The monoisotopic (exact) mass is 339 g/mol. The zero-order valence-corrected chi connectivity index (χ0v) is 15.0. The Labute approximate surface area is 144 Å². The first-order chi connectivity index (χ1) is 11.7. The molecule has 1 unspecified atom stereocenters. The number of guanidine groups is 1. The van der Waals surface area contributed by atoms with Crippen LogP contribution in [-0.4, -0.2) is 58.1 Å². The van der Waals surface area contributed by atoms with Gasteiger partial charge in [-0.05, 0) is 32.0 Å². The number of nitrogens with one attached hydrogen (secondary N) is 2. The fourth-order valence-electron chi connectivity index (χ4n) is 2.10. The minimum Gasteiger partial charge on any atom is -0.497 e. The highest BCUT2D eigenvalue weighted by Crippen LogP contribution is 2.29. The lowest BCUT2D eigenvalue weighted by Gasteiger charge is -2.16. The number of rotatable bonds is 10. The fourth-order valence-corrected chi connectivity index (χ4v) is 2.10. The molecule has 0 radical (unpaired) electrons. The molecule has 0 bridgehead atoms. The van der Waals surface area contributed by atoms with Crippen LogP contribution >= 0.6 is 0 Å². The summed E-state index contributed by atoms with van der Waals surface area (Å²) in [4.78, 5) is 4.41. The van der Waals surface area contributed by atoms with E-state index in [0.29, 0.717) is 42.8 Å². The molecule has 1 rings (SSSR count). The number of benzene rings is 1. The second kappa shape index (κ2) is 11.5. The van der Waals surface area contributed by atoms with Gasteiger partial charge in [0.2, 0.25) is 0 Å². The van der Waals surface area contributed by atoms with Gasteiger partial charge in [-0.1, -0.05) is 0 Å². The molecule has 1 atom stereocenters. The number of ether oxygens (including phenoxy) is 3. The predicted octanol–water partition coefficient (Wildman–Crippen LogP) is 1.33. The maximum Gasteiger partial charge on any atom is 0.191 e. The van der Waals surface area contributed by atoms with E-state index in [1.165, 1.54) is 0 Å². The third-order valence-electron chi connectivity index (χ3n) is 3.31. The van der Waals surface area contributed by atoms with Crippen LogP contribution < -0.4 is 20.1 Å². The fraction of sp³-hybridized carbons (Fsp3) is 0.588. The summed E-state index contributed by atoms with van der Waals surface area (Å²) in [7, 11) is 3.16. The molecule has 1 aromatic rings. The third-order valence-corrected chi connectivity index (χ3v) is 3.31. The lowest BCUT2D eigenvalue weighted by molar-refractivity contribution is 0.152. The van der Waals surface area contributed by atoms with Gasteiger partial charge in [0.05, 0.1) is 27.4 Å². The number of hydrogen-bond acceptors (Lipinski definition) is 5. The first-order valence-electron chi connectivity index (χ1n) is 8.16. The maximum atomic E-state index is 10.5. The number of nitrogens with zero attached hydrogens (tertiary/aromatic N) is 1. The van der Waals surface area contributed by atoms with Gasteiger partial charge >= 0.3 is 0 Å². The molecule has 0 amide bonds. The van der Waals surface area contributed by atoms with Crippen molar-refractivity contribution in [2.24, 2.45) is 4.99 Å². The molecule has 24 heavy (non-hydrogen) atoms. The smallest absolute Gasteiger partial charge is 0.191 e. The predicted molar refractivity (Wildman–Crippen MR) is 95.0 cm³/mol. The van der Waals surface area contributed by atoms with Crippen LogP contribution in [0.5, 0.6) is 11.5 Å². The quantitative estimate of drug-likeness (QED) is 0.339. The van der Waals surface area contributed by atoms with Gasteiger partial charge in [0.25, 0.3) is 0 Å². The van der Waals surface area contributed by atoms with Crippen LogP contribution in [0.25, 0.3) is 0 Å². The Bertz CT molecular complexity index is 509. The summed E-state index contributed by atoms with van der Waals surface area (Å²) in [6, 6.07) is 5.32. The van der Waals surface area contributed by atoms with Gasteiger partial charge in [0.1, 0.15) is 17.6 Å². The van der Waals surface area contributed by atoms with E-state index in [-0.39, 0.29) is 6.54 Å². The van der Waals surface area contributed by atoms with Crippen LogP contribution in [-0.2, 0) is 4.74 Å². The van der Waals surface area contributed by atoms with Crippen LogP contribution in [0.1, 0.15) is 25.5 Å². The van der Waals surface area contributed by atoms with Gasteiger partial charge in [0.15, 0.2) is 5.96 Å². The molecule has 0 aliphatic heterocycles. The maximum absolute atomic E-state index is 10.5. The van der Waals surface area contributed by atoms with Crippen molar-refractivity contribution in [2.45, 2.75) is 20.0 Å². The molecule has 0 fully saturated rings. The molecule has 0 saturated heterocycles. The number of aliphatic hydroxyl groups excluding tert-OH is 1. The molecule has 0 spiro atoms. The summed E-state index contributed by atoms with van der Waals surface area (Å²) in [5, 5.41) is 16.8. The summed E-state index contributed by atoms with van der Waals surface area (Å²) < 4.78 is 15.8. The average molecular weight is 339 g/mol. The van der Waals surface area contributed by atoms with Crippen LogP contribution in [0.2, 0.25) is 0 Å². The molecule has 7 nitrogen and oxygen atoms in total. The Morgan fingerprint density at radius 2 is 2.00 bits per heavy atom. The minimum atomic E-state index is -0.794. The molecule has 0 saturated carbocycles. The van der Waals surface area contributed by atoms with E-state index in [9.17, 15) is 5.11 Å². The molecule has 0 aromatic heterocycles. The standard InChI is InChI=1S/C17H29N3O4/c1-5-18-17(19-9-10-24-6-2)20-12-15(21)14-11-13(22-3)7-8-16(14)23-4/h7-8,11,15,21H,5-6,9-10,12H2,1-4H3,(H2,18,19,20). The van der Waals surface area contributed by atoms with Crippen molar-refractivity contribution in [2.75, 3.05) is 47.1 Å². The van der Waals surface area contributed by atoms with Gasteiger partial charge < -0.3 is 30.0 Å². The second-order valence-electron chi connectivity index (χ2n) is 4.97. The summed E-state index contributed by atoms with van der Waals surface area (Å²) in [6.07, 6.45) is -0.794. The van der Waals surface area contributed by atoms with E-state index in [1.807, 2.05) is 13.8 Å². The molecule has 7 heteroatoms. The van der Waals surface area contributed by atoms with Crippen LogP contribution in [0, 0.1) is 0 Å². The first-order valence-corrected chi connectivity index (χ1v) is 8.16. The lowest BCUT2D eigenvalue weighted by atomic mass is 10.1. The lowest BCUT2D eigenvalue weighted by Crippen LogP contribution is -2.39. The SMILES string of the molecule is CCNC(=NCC(O)c1cc(OC)ccc1OC)NCCOCC. The van der Waals surface area contributed by atoms with Crippen molar-refractivity contribution in [3.8, 4) is 11.5 Å². The normalized spacial score (nSPS) is 12.6. The molecule has 0 aliphatic rings. The van der Waals surface area contributed by atoms with Crippen molar-refractivity contribution in [3.63, 3.8) is 0 Å². The van der Waals surface area contributed by atoms with Crippen molar-refractivity contribution < 1.29 is 19.3 Å². The summed E-state index contributed by atoms with van der Waals surface area (Å²) in [5.41, 5.74) is 0.644. The van der Waals surface area contributed by atoms with Gasteiger partial charge in [-0.25, -0.2) is 0 Å². The van der Waals surface area contributed by atoms with E-state index in [2.05, 4.69) is 15.6 Å². The highest BCUT2D eigenvalue weighted by molar-refractivity contribution is 5.79. The molecular formula is C17H29N3O4. The van der Waals surface area contributed by atoms with Gasteiger partial charge in [-0.2, -0.15) is 0 Å². The Kier molecular flexibility index (Phi) is 9.64. The van der Waals surface area contributed by atoms with Crippen molar-refractivity contribution in [3.05, 3.63) is 23.8 Å². The number of aliphatic imine (C=N–C) groups is 1. The molecule has 0 aliphatic carbocycles. The van der Waals surface area contributed by atoms with Gasteiger partial charge in [-0.3, -0.25) is 4.99 Å². The largest absolute Gasteiger partial charge is 0.497 e. The summed E-state index contributed by atoms with van der Waals surface area (Å²) >= 11 is 0. The van der Waals surface area contributed by atoms with Crippen molar-refractivity contribution in [1.29, 1.82) is 0 Å². The Morgan fingerprint density at radius 3 is 2.62 bits per heavy atom. The molecule has 136 valence electrons. The minimum absolute atomic E-state index is 0.202. The topological polar surface area (TPSA) is 84.3 Å². The van der Waals surface area contributed by atoms with E-state index < -0.39 is 6.10 Å². The highest BCUT2D eigenvalue weighted by atomic mass is 16.5. The van der Waals surface area contributed by atoms with E-state index in [0.717, 1.165) is 6.54 Å². The van der Waals surface area contributed by atoms with E-state index >= 15 is 0 Å². The molecule has 0 heterocycles. The zero-order valence-electron chi connectivity index (χ0n) is 15.0. The van der Waals surface area contributed by atoms with Crippen molar-refractivity contribution in [1.82, 2.24) is 10.6 Å². The third kappa shape index (κ3) is 6.64. The Hall–Kier alpha value is -1.99. The molecular weight excluding hydrogens is 310 g/mol. The van der Waals surface area contributed by atoms with Crippen LogP contribution in [0.15, 0.2) is 23.2 Å². The first kappa shape index (κ1) is 20.1. The summed E-state index contributed by atoms with van der Waals surface area (Å²) in [6.45, 7) is 6.82. The van der Waals surface area contributed by atoms with Crippen molar-refractivity contribution >= 4 is 5.96 Å². The Morgan fingerprint density at radius 1 is 1.21 bits per heavy atom. The van der Waals surface area contributed by atoms with Gasteiger partial charge in [-0.15, -0.1) is 0 Å². The molecule has 1 aromatic carbocycles. The van der Waals surface area contributed by atoms with Crippen LogP contribution in [0.3, 0.4) is 0 Å². The van der Waals surface area contributed by atoms with Gasteiger partial charge in [0, 0.05) is 25.3 Å². The highest BCUT2D eigenvalue weighted by Gasteiger charge is 2.14. The van der Waals surface area contributed by atoms with E-state index in [1.54, 1.807) is 32.4 Å². The number of methoxy groups -OCH3 is 2.